The SMILES string of the molecule is C=CCOCn1cnc(N)n1. The molecule has 1 heterocycles. The van der Waals surface area contributed by atoms with Crippen LogP contribution in [0.15, 0.2) is 19.0 Å². The van der Waals surface area contributed by atoms with Crippen molar-refractivity contribution in [3.05, 3.63) is 19.0 Å². The Labute approximate surface area is 64.5 Å². The van der Waals surface area contributed by atoms with Gasteiger partial charge in [-0.1, -0.05) is 6.08 Å². The zero-order valence-corrected chi connectivity index (χ0v) is 6.10. The molecule has 0 aliphatic carbocycles. The van der Waals surface area contributed by atoms with E-state index in [0.717, 1.165) is 0 Å². The second kappa shape index (κ2) is 3.72. The highest BCUT2D eigenvalue weighted by Crippen LogP contribution is 1.89. The predicted molar refractivity (Wildman–Crippen MR) is 40.6 cm³/mol. The third-order valence-electron chi connectivity index (χ3n) is 1.01. The molecule has 11 heavy (non-hydrogen) atoms. The van der Waals surface area contributed by atoms with Crippen molar-refractivity contribution in [3.8, 4) is 0 Å². The van der Waals surface area contributed by atoms with Gasteiger partial charge in [-0.25, -0.2) is 9.67 Å². The number of aromatic nitrogens is 3. The van der Waals surface area contributed by atoms with Crippen molar-refractivity contribution in [1.29, 1.82) is 0 Å². The maximum Gasteiger partial charge on any atom is 0.239 e. The van der Waals surface area contributed by atoms with E-state index < -0.39 is 0 Å². The Morgan fingerprint density at radius 2 is 2.64 bits per heavy atom. The lowest BCUT2D eigenvalue weighted by Gasteiger charge is -1.98. The fraction of sp³-hybridized carbons (Fsp3) is 0.333. The molecular formula is C6H10N4O. The molecule has 0 aliphatic heterocycles. The quantitative estimate of drug-likeness (QED) is 0.490. The molecule has 1 rings (SSSR count). The van der Waals surface area contributed by atoms with Gasteiger partial charge in [0.2, 0.25) is 5.95 Å². The Morgan fingerprint density at radius 3 is 3.18 bits per heavy atom. The molecule has 60 valence electrons. The summed E-state index contributed by atoms with van der Waals surface area (Å²) in [7, 11) is 0. The minimum absolute atomic E-state index is 0.257. The number of nitrogens with zero attached hydrogens (tertiary/aromatic N) is 3. The van der Waals surface area contributed by atoms with E-state index in [9.17, 15) is 0 Å². The highest BCUT2D eigenvalue weighted by Gasteiger charge is 1.92. The van der Waals surface area contributed by atoms with E-state index in [2.05, 4.69) is 16.7 Å². The van der Waals surface area contributed by atoms with Crippen LogP contribution in [0.3, 0.4) is 0 Å². The van der Waals surface area contributed by atoms with Crippen molar-refractivity contribution in [2.75, 3.05) is 12.3 Å². The summed E-state index contributed by atoms with van der Waals surface area (Å²) in [5.41, 5.74) is 5.26. The van der Waals surface area contributed by atoms with Crippen LogP contribution in [0, 0.1) is 0 Å². The molecule has 5 heteroatoms. The first-order chi connectivity index (χ1) is 5.33. The van der Waals surface area contributed by atoms with Crippen LogP contribution in [0.1, 0.15) is 0 Å². The maximum atomic E-state index is 5.26. The molecule has 0 aromatic carbocycles. The van der Waals surface area contributed by atoms with E-state index >= 15 is 0 Å². The molecule has 0 atom stereocenters. The van der Waals surface area contributed by atoms with Gasteiger partial charge < -0.3 is 10.5 Å². The molecule has 5 nitrogen and oxygen atoms in total. The van der Waals surface area contributed by atoms with E-state index in [1.165, 1.54) is 11.0 Å². The van der Waals surface area contributed by atoms with Crippen molar-refractivity contribution >= 4 is 5.95 Å². The average molecular weight is 154 g/mol. The molecule has 0 aliphatic rings. The molecule has 0 saturated heterocycles. The summed E-state index contributed by atoms with van der Waals surface area (Å²) >= 11 is 0. The Kier molecular flexibility index (Phi) is 2.62. The van der Waals surface area contributed by atoms with Crippen LogP contribution in [-0.2, 0) is 11.5 Å². The summed E-state index contributed by atoms with van der Waals surface area (Å²) in [4.78, 5) is 3.72. The first-order valence-corrected chi connectivity index (χ1v) is 3.16. The second-order valence-electron chi connectivity index (χ2n) is 1.93. The lowest BCUT2D eigenvalue weighted by molar-refractivity contribution is 0.0911. The monoisotopic (exact) mass is 154 g/mol. The van der Waals surface area contributed by atoms with Crippen molar-refractivity contribution in [2.45, 2.75) is 6.73 Å². The standard InChI is InChI=1S/C6H10N4O/c1-2-3-11-5-10-4-8-6(7)9-10/h2,4H,1,3,5H2,(H2,7,9). The van der Waals surface area contributed by atoms with Gasteiger partial charge in [0.25, 0.3) is 0 Å². The van der Waals surface area contributed by atoms with E-state index in [4.69, 9.17) is 10.5 Å². The zero-order chi connectivity index (χ0) is 8.10. The highest BCUT2D eigenvalue weighted by atomic mass is 16.5. The predicted octanol–water partition coefficient (Wildman–Crippen LogP) is 0.0204. The van der Waals surface area contributed by atoms with Crippen molar-refractivity contribution < 1.29 is 4.74 Å². The molecule has 0 bridgehead atoms. The van der Waals surface area contributed by atoms with E-state index in [0.29, 0.717) is 13.3 Å². The summed E-state index contributed by atoms with van der Waals surface area (Å²) in [6.07, 6.45) is 3.18. The van der Waals surface area contributed by atoms with Gasteiger partial charge in [0.15, 0.2) is 0 Å². The summed E-state index contributed by atoms with van der Waals surface area (Å²) in [5.74, 6) is 0.257. The van der Waals surface area contributed by atoms with Crippen LogP contribution in [0.2, 0.25) is 0 Å². The molecule has 1 aromatic rings. The van der Waals surface area contributed by atoms with Crippen LogP contribution >= 0.6 is 0 Å². The van der Waals surface area contributed by atoms with Gasteiger partial charge in [-0.2, -0.15) is 0 Å². The van der Waals surface area contributed by atoms with E-state index in [1.54, 1.807) is 6.08 Å². The van der Waals surface area contributed by atoms with Crippen LogP contribution < -0.4 is 5.73 Å². The highest BCUT2D eigenvalue weighted by molar-refractivity contribution is 5.08. The zero-order valence-electron chi connectivity index (χ0n) is 6.10. The number of rotatable bonds is 4. The number of hydrogen-bond acceptors (Lipinski definition) is 4. The van der Waals surface area contributed by atoms with Gasteiger partial charge in [-0.05, 0) is 0 Å². The Balaban J connectivity index is 2.32. The maximum absolute atomic E-state index is 5.26. The third-order valence-corrected chi connectivity index (χ3v) is 1.01. The van der Waals surface area contributed by atoms with Crippen LogP contribution in [-0.4, -0.2) is 21.4 Å². The van der Waals surface area contributed by atoms with Crippen LogP contribution in [0.5, 0.6) is 0 Å². The average Bonchev–Trinajstić information content (AvgIpc) is 2.37. The van der Waals surface area contributed by atoms with E-state index in [-0.39, 0.29) is 5.95 Å². The Bertz CT molecular complexity index is 232. The fourth-order valence-corrected chi connectivity index (χ4v) is 0.601. The normalized spacial score (nSPS) is 9.82. The second-order valence-corrected chi connectivity index (χ2v) is 1.93. The molecular weight excluding hydrogens is 144 g/mol. The molecule has 0 amide bonds. The molecule has 0 unspecified atom stereocenters. The summed E-state index contributed by atoms with van der Waals surface area (Å²) in [6, 6.07) is 0. The van der Waals surface area contributed by atoms with Crippen molar-refractivity contribution in [2.24, 2.45) is 0 Å². The van der Waals surface area contributed by atoms with Gasteiger partial charge in [-0.15, -0.1) is 11.7 Å². The Morgan fingerprint density at radius 1 is 1.82 bits per heavy atom. The molecule has 0 radical (unpaired) electrons. The number of nitrogen functional groups attached to an aromatic ring is 1. The van der Waals surface area contributed by atoms with Gasteiger partial charge in [0.05, 0.1) is 6.61 Å². The fourth-order valence-electron chi connectivity index (χ4n) is 0.601. The van der Waals surface area contributed by atoms with Gasteiger partial charge in [-0.3, -0.25) is 0 Å². The lowest BCUT2D eigenvalue weighted by atomic mass is 10.7. The first-order valence-electron chi connectivity index (χ1n) is 3.16. The smallest absolute Gasteiger partial charge is 0.239 e. The number of nitrogens with two attached hydrogens (primary N) is 1. The summed E-state index contributed by atoms with van der Waals surface area (Å²) < 4.78 is 6.58. The van der Waals surface area contributed by atoms with Crippen LogP contribution in [0.4, 0.5) is 5.95 Å². The van der Waals surface area contributed by atoms with Crippen molar-refractivity contribution in [1.82, 2.24) is 14.8 Å². The largest absolute Gasteiger partial charge is 0.367 e. The summed E-state index contributed by atoms with van der Waals surface area (Å²) in [6.45, 7) is 4.36. The molecule has 0 fully saturated rings. The van der Waals surface area contributed by atoms with Gasteiger partial charge >= 0.3 is 0 Å². The number of ether oxygens (including phenoxy) is 1. The summed E-state index contributed by atoms with van der Waals surface area (Å²) in [5, 5.41) is 3.81. The molecule has 0 spiro atoms. The molecule has 0 saturated carbocycles. The van der Waals surface area contributed by atoms with Gasteiger partial charge in [0.1, 0.15) is 13.1 Å². The number of hydrogen-bond donors (Lipinski definition) is 1. The minimum Gasteiger partial charge on any atom is -0.367 e. The number of anilines is 1. The molecule has 1 aromatic heterocycles. The first kappa shape index (κ1) is 7.74. The lowest BCUT2D eigenvalue weighted by Crippen LogP contribution is -2.03. The third kappa shape index (κ3) is 2.38. The minimum atomic E-state index is 0.257. The molecule has 2 N–H and O–H groups in total. The van der Waals surface area contributed by atoms with E-state index in [1.807, 2.05) is 0 Å². The topological polar surface area (TPSA) is 66.0 Å². The van der Waals surface area contributed by atoms with Crippen LogP contribution in [0.25, 0.3) is 0 Å². The Hall–Kier alpha value is -1.36. The van der Waals surface area contributed by atoms with Gasteiger partial charge in [0, 0.05) is 0 Å². The van der Waals surface area contributed by atoms with Crippen molar-refractivity contribution in [3.63, 3.8) is 0 Å².